The second-order valence-electron chi connectivity index (χ2n) is 8.64. The Morgan fingerprint density at radius 1 is 0.963 bits per heavy atom. The highest BCUT2D eigenvalue weighted by Gasteiger charge is 2.29. The number of hydrogen-bond donors (Lipinski definition) is 0. The smallest absolute Gasteiger partial charge is 0.134 e. The molecular weight excluding hydrogens is 335 g/mol. The molecule has 0 N–H and O–H groups in total. The van der Waals surface area contributed by atoms with Crippen LogP contribution in [0.15, 0.2) is 30.3 Å². The lowest BCUT2D eigenvalue weighted by molar-refractivity contribution is 0.119. The Morgan fingerprint density at radius 2 is 1.70 bits per heavy atom. The molecule has 1 saturated carbocycles. The van der Waals surface area contributed by atoms with Gasteiger partial charge in [0.2, 0.25) is 0 Å². The summed E-state index contributed by atoms with van der Waals surface area (Å²) in [6.45, 7) is 4.74. The topological polar surface area (TPSA) is 9.23 Å². The predicted molar refractivity (Wildman–Crippen MR) is 114 cm³/mol. The number of rotatable bonds is 13. The van der Waals surface area contributed by atoms with Crippen LogP contribution < -0.4 is 4.74 Å². The first-order valence-electron chi connectivity index (χ1n) is 11.5. The zero-order valence-corrected chi connectivity index (χ0v) is 17.7. The molecule has 1 fully saturated rings. The quantitative estimate of drug-likeness (QED) is 0.317. The number of alkyl halides is 1. The summed E-state index contributed by atoms with van der Waals surface area (Å²) in [6, 6.07) is 9.65. The first-order valence-corrected chi connectivity index (χ1v) is 11.5. The third kappa shape index (κ3) is 8.66. The zero-order valence-electron chi connectivity index (χ0n) is 17.7. The summed E-state index contributed by atoms with van der Waals surface area (Å²) in [5, 5.41) is 0. The van der Waals surface area contributed by atoms with Crippen LogP contribution in [0.5, 0.6) is 5.75 Å². The van der Waals surface area contributed by atoms with Crippen molar-refractivity contribution in [2.75, 3.05) is 6.61 Å². The van der Waals surface area contributed by atoms with E-state index in [9.17, 15) is 4.39 Å². The van der Waals surface area contributed by atoms with Crippen molar-refractivity contribution in [2.45, 2.75) is 97.1 Å². The molecule has 1 aliphatic carbocycles. The van der Waals surface area contributed by atoms with E-state index in [1.165, 1.54) is 70.6 Å². The molecule has 1 nitrogen and oxygen atoms in total. The van der Waals surface area contributed by atoms with Crippen LogP contribution in [0.1, 0.15) is 90.9 Å². The van der Waals surface area contributed by atoms with Crippen LogP contribution >= 0.6 is 0 Å². The number of para-hydroxylation sites is 1. The molecule has 0 saturated heterocycles. The molecule has 1 aliphatic rings. The van der Waals surface area contributed by atoms with Gasteiger partial charge in [0, 0.05) is 0 Å². The van der Waals surface area contributed by atoms with Gasteiger partial charge < -0.3 is 4.74 Å². The van der Waals surface area contributed by atoms with E-state index in [0.717, 1.165) is 17.6 Å². The molecule has 0 spiro atoms. The van der Waals surface area contributed by atoms with E-state index in [1.807, 2.05) is 30.3 Å². The SMILES string of the molecule is CCCCCCC(CC(F)COc1ccccc1)C1CCC(CCC)CC1. The molecule has 2 unspecified atom stereocenters. The van der Waals surface area contributed by atoms with Gasteiger partial charge in [-0.3, -0.25) is 0 Å². The monoisotopic (exact) mass is 376 g/mol. The maximum atomic E-state index is 14.7. The standard InChI is InChI=1S/C25H41FO/c1-3-5-6-8-12-23(22-17-15-21(11-4-2)16-18-22)19-24(26)20-27-25-13-9-7-10-14-25/h7,9-10,13-14,21-24H,3-6,8,11-12,15-20H2,1-2H3. The third-order valence-electron chi connectivity index (χ3n) is 6.42. The molecule has 2 rings (SSSR count). The van der Waals surface area contributed by atoms with Crippen molar-refractivity contribution in [2.24, 2.45) is 17.8 Å². The summed E-state index contributed by atoms with van der Waals surface area (Å²) in [5.74, 6) is 2.97. The Labute approximate surface area is 167 Å². The fourth-order valence-corrected chi connectivity index (χ4v) is 4.84. The lowest BCUT2D eigenvalue weighted by Crippen LogP contribution is -2.26. The van der Waals surface area contributed by atoms with E-state index < -0.39 is 6.17 Å². The highest BCUT2D eigenvalue weighted by atomic mass is 19.1. The number of ether oxygens (including phenoxy) is 1. The summed E-state index contributed by atoms with van der Waals surface area (Å²) < 4.78 is 20.4. The lowest BCUT2D eigenvalue weighted by Gasteiger charge is -2.34. The van der Waals surface area contributed by atoms with E-state index in [-0.39, 0.29) is 6.61 Å². The summed E-state index contributed by atoms with van der Waals surface area (Å²) >= 11 is 0. The van der Waals surface area contributed by atoms with Crippen molar-refractivity contribution < 1.29 is 9.13 Å². The van der Waals surface area contributed by atoms with Gasteiger partial charge in [-0.15, -0.1) is 0 Å². The molecule has 0 amide bonds. The van der Waals surface area contributed by atoms with Crippen LogP contribution in [-0.2, 0) is 0 Å². The van der Waals surface area contributed by atoms with Crippen LogP contribution in [-0.4, -0.2) is 12.8 Å². The molecule has 0 bridgehead atoms. The Kier molecular flexibility index (Phi) is 10.9. The van der Waals surface area contributed by atoms with Crippen molar-refractivity contribution in [3.63, 3.8) is 0 Å². The van der Waals surface area contributed by atoms with Gasteiger partial charge >= 0.3 is 0 Å². The molecule has 0 heterocycles. The lowest BCUT2D eigenvalue weighted by atomic mass is 9.72. The average molecular weight is 377 g/mol. The molecule has 1 aromatic carbocycles. The van der Waals surface area contributed by atoms with Gasteiger partial charge in [-0.1, -0.05) is 89.8 Å². The van der Waals surface area contributed by atoms with E-state index in [2.05, 4.69) is 13.8 Å². The van der Waals surface area contributed by atoms with Gasteiger partial charge in [0.25, 0.3) is 0 Å². The first-order chi connectivity index (χ1) is 13.2. The number of unbranched alkanes of at least 4 members (excludes halogenated alkanes) is 3. The van der Waals surface area contributed by atoms with Crippen molar-refractivity contribution in [3.05, 3.63) is 30.3 Å². The molecule has 1 aromatic rings. The fraction of sp³-hybridized carbons (Fsp3) is 0.760. The van der Waals surface area contributed by atoms with Crippen molar-refractivity contribution in [1.29, 1.82) is 0 Å². The first kappa shape index (κ1) is 22.2. The summed E-state index contributed by atoms with van der Waals surface area (Å²) in [5.41, 5.74) is 0. The summed E-state index contributed by atoms with van der Waals surface area (Å²) in [6.07, 6.45) is 14.2. The average Bonchev–Trinajstić information content (AvgIpc) is 2.70. The molecule has 2 heteroatoms. The maximum absolute atomic E-state index is 14.7. The van der Waals surface area contributed by atoms with Crippen LogP contribution in [0.2, 0.25) is 0 Å². The minimum Gasteiger partial charge on any atom is -0.491 e. The van der Waals surface area contributed by atoms with Crippen LogP contribution in [0.3, 0.4) is 0 Å². The highest BCUT2D eigenvalue weighted by Crippen LogP contribution is 2.39. The van der Waals surface area contributed by atoms with E-state index >= 15 is 0 Å². The Bertz CT molecular complexity index is 466. The third-order valence-corrected chi connectivity index (χ3v) is 6.42. The van der Waals surface area contributed by atoms with Gasteiger partial charge in [0.05, 0.1) is 0 Å². The van der Waals surface area contributed by atoms with Crippen molar-refractivity contribution in [1.82, 2.24) is 0 Å². The molecule has 154 valence electrons. The molecule has 2 atom stereocenters. The Balaban J connectivity index is 1.81. The molecule has 0 aliphatic heterocycles. The van der Waals surface area contributed by atoms with Crippen LogP contribution in [0, 0.1) is 17.8 Å². The molecular formula is C25H41FO. The molecule has 0 aromatic heterocycles. The van der Waals surface area contributed by atoms with E-state index in [0.29, 0.717) is 12.3 Å². The minimum atomic E-state index is -0.852. The number of benzene rings is 1. The normalized spacial score (nSPS) is 22.3. The molecule has 27 heavy (non-hydrogen) atoms. The molecule has 0 radical (unpaired) electrons. The maximum Gasteiger partial charge on any atom is 0.134 e. The van der Waals surface area contributed by atoms with E-state index in [4.69, 9.17) is 4.74 Å². The van der Waals surface area contributed by atoms with Gasteiger partial charge in [-0.05, 0) is 49.1 Å². The summed E-state index contributed by atoms with van der Waals surface area (Å²) in [4.78, 5) is 0. The van der Waals surface area contributed by atoms with Crippen LogP contribution in [0.4, 0.5) is 4.39 Å². The Morgan fingerprint density at radius 3 is 2.37 bits per heavy atom. The zero-order chi connectivity index (χ0) is 19.3. The van der Waals surface area contributed by atoms with Gasteiger partial charge in [0.1, 0.15) is 18.5 Å². The largest absolute Gasteiger partial charge is 0.491 e. The minimum absolute atomic E-state index is 0.195. The number of hydrogen-bond acceptors (Lipinski definition) is 1. The van der Waals surface area contributed by atoms with Gasteiger partial charge in [-0.2, -0.15) is 0 Å². The summed E-state index contributed by atoms with van der Waals surface area (Å²) in [7, 11) is 0. The van der Waals surface area contributed by atoms with E-state index in [1.54, 1.807) is 0 Å². The fourth-order valence-electron chi connectivity index (χ4n) is 4.84. The Hall–Kier alpha value is -1.05. The van der Waals surface area contributed by atoms with Crippen molar-refractivity contribution in [3.8, 4) is 5.75 Å². The second kappa shape index (κ2) is 13.2. The predicted octanol–water partition coefficient (Wildman–Crippen LogP) is 7.99. The number of halogens is 1. The highest BCUT2D eigenvalue weighted by molar-refractivity contribution is 5.20. The van der Waals surface area contributed by atoms with Crippen LogP contribution in [0.25, 0.3) is 0 Å². The van der Waals surface area contributed by atoms with Crippen molar-refractivity contribution >= 4 is 0 Å². The van der Waals surface area contributed by atoms with Gasteiger partial charge in [-0.25, -0.2) is 4.39 Å². The van der Waals surface area contributed by atoms with Gasteiger partial charge in [0.15, 0.2) is 0 Å². The second-order valence-corrected chi connectivity index (χ2v) is 8.64.